The monoisotopic (exact) mass is 398 g/mol. The molecule has 2 aliphatic heterocycles. The van der Waals surface area contributed by atoms with Gasteiger partial charge in [0.05, 0.1) is 12.2 Å². The second kappa shape index (κ2) is 8.09. The standard InChI is InChI=1S/C23H34N4O2/c1-8-9-18-12-25-21-19(18)20(15(2)10-11-24-21)26-13-17(4)27(14-16(26)3)22(28)29-23(5,6)7/h8,10,12,16-17H,1,9,11,13-14H2,2-7H3,(H,24,25)/t16-,17+/m0/s1. The smallest absolute Gasteiger partial charge is 0.410 e. The molecule has 158 valence electrons. The molecule has 1 fully saturated rings. The van der Waals surface area contributed by atoms with Gasteiger partial charge in [-0.05, 0) is 59.1 Å². The van der Waals surface area contributed by atoms with E-state index < -0.39 is 5.60 Å². The summed E-state index contributed by atoms with van der Waals surface area (Å²) in [4.78, 5) is 25.0. The van der Waals surface area contributed by atoms with Gasteiger partial charge in [0.1, 0.15) is 11.1 Å². The largest absolute Gasteiger partial charge is 0.444 e. The molecule has 1 saturated heterocycles. The summed E-state index contributed by atoms with van der Waals surface area (Å²) in [6.07, 6.45) is 6.70. The highest BCUT2D eigenvalue weighted by molar-refractivity contribution is 5.69. The Morgan fingerprint density at radius 2 is 2.07 bits per heavy atom. The van der Waals surface area contributed by atoms with Crippen LogP contribution in [0.3, 0.4) is 0 Å². The Bertz CT molecular complexity index is 935. The summed E-state index contributed by atoms with van der Waals surface area (Å²) >= 11 is 0. The van der Waals surface area contributed by atoms with Crippen LogP contribution in [0.5, 0.6) is 0 Å². The summed E-state index contributed by atoms with van der Waals surface area (Å²) in [5.41, 5.74) is 4.08. The fraction of sp³-hybridized carbons (Fsp3) is 0.565. The molecule has 6 nitrogen and oxygen atoms in total. The molecule has 1 amide bonds. The fourth-order valence-electron chi connectivity index (χ4n) is 4.11. The van der Waals surface area contributed by atoms with Gasteiger partial charge in [0.25, 0.3) is 0 Å². The van der Waals surface area contributed by atoms with E-state index in [-0.39, 0.29) is 18.2 Å². The number of carbonyl (C=O) groups is 1. The van der Waals surface area contributed by atoms with Gasteiger partial charge in [-0.15, -0.1) is 6.58 Å². The number of H-pyrrole nitrogens is 1. The second-order valence-electron chi connectivity index (χ2n) is 9.09. The number of hydrogen-bond donors (Lipinski definition) is 1. The van der Waals surface area contributed by atoms with Crippen LogP contribution in [-0.2, 0) is 11.2 Å². The van der Waals surface area contributed by atoms with Crippen molar-refractivity contribution >= 4 is 11.8 Å². The summed E-state index contributed by atoms with van der Waals surface area (Å²) in [7, 11) is 0. The number of hydrogen-bond acceptors (Lipinski definition) is 4. The van der Waals surface area contributed by atoms with Gasteiger partial charge in [0, 0.05) is 36.6 Å². The number of nitrogens with one attached hydrogen (secondary N) is 1. The maximum Gasteiger partial charge on any atom is 0.410 e. The molecule has 0 unspecified atom stereocenters. The predicted molar refractivity (Wildman–Crippen MR) is 116 cm³/mol. The first-order valence-corrected chi connectivity index (χ1v) is 10.4. The van der Waals surface area contributed by atoms with Gasteiger partial charge in [-0.25, -0.2) is 4.79 Å². The lowest BCUT2D eigenvalue weighted by molar-refractivity contribution is -0.000907. The number of ether oxygens (including phenoxy) is 1. The highest BCUT2D eigenvalue weighted by Gasteiger charge is 2.36. The normalized spacial score (nSPS) is 22.4. The highest BCUT2D eigenvalue weighted by Crippen LogP contribution is 2.26. The van der Waals surface area contributed by atoms with E-state index in [1.807, 2.05) is 37.9 Å². The maximum absolute atomic E-state index is 12.7. The van der Waals surface area contributed by atoms with Crippen molar-refractivity contribution in [1.29, 1.82) is 0 Å². The molecule has 3 heterocycles. The number of aromatic nitrogens is 1. The van der Waals surface area contributed by atoms with Gasteiger partial charge in [0.2, 0.25) is 0 Å². The zero-order valence-corrected chi connectivity index (χ0v) is 18.6. The number of carbonyl (C=O) groups excluding carboxylic acids is 1. The number of rotatable bonds is 3. The van der Waals surface area contributed by atoms with E-state index in [0.717, 1.165) is 18.5 Å². The van der Waals surface area contributed by atoms with Crippen LogP contribution in [-0.4, -0.2) is 58.2 Å². The van der Waals surface area contributed by atoms with Crippen LogP contribution >= 0.6 is 0 Å². The number of allylic oxidation sites excluding steroid dienone is 1. The zero-order valence-electron chi connectivity index (χ0n) is 18.6. The third-order valence-corrected chi connectivity index (χ3v) is 5.46. The molecule has 1 aromatic rings. The van der Waals surface area contributed by atoms with Crippen LogP contribution in [0, 0.1) is 0 Å². The average Bonchev–Trinajstić information content (AvgIpc) is 2.91. The fourth-order valence-corrected chi connectivity index (χ4v) is 4.11. The minimum atomic E-state index is -0.492. The van der Waals surface area contributed by atoms with Crippen LogP contribution < -0.4 is 10.7 Å². The van der Waals surface area contributed by atoms with Gasteiger partial charge < -0.3 is 19.5 Å². The summed E-state index contributed by atoms with van der Waals surface area (Å²) in [6, 6.07) is 0.210. The molecule has 0 spiro atoms. The maximum atomic E-state index is 12.7. The second-order valence-corrected chi connectivity index (χ2v) is 9.09. The van der Waals surface area contributed by atoms with E-state index >= 15 is 0 Å². The van der Waals surface area contributed by atoms with Crippen molar-refractivity contribution in [2.45, 2.75) is 65.6 Å². The summed E-state index contributed by atoms with van der Waals surface area (Å²) in [5.74, 6) is 0. The molecule has 0 saturated carbocycles. The molecule has 6 heteroatoms. The molecule has 0 aliphatic carbocycles. The third-order valence-electron chi connectivity index (χ3n) is 5.46. The van der Waals surface area contributed by atoms with E-state index in [0.29, 0.717) is 13.1 Å². The van der Waals surface area contributed by atoms with E-state index in [1.165, 1.54) is 22.1 Å². The van der Waals surface area contributed by atoms with Crippen molar-refractivity contribution in [1.82, 2.24) is 14.8 Å². The number of amides is 1. The highest BCUT2D eigenvalue weighted by atomic mass is 16.6. The Morgan fingerprint density at radius 1 is 1.34 bits per heavy atom. The van der Waals surface area contributed by atoms with Crippen molar-refractivity contribution in [2.75, 3.05) is 19.6 Å². The van der Waals surface area contributed by atoms with Gasteiger partial charge in [-0.3, -0.25) is 4.99 Å². The molecular weight excluding hydrogens is 364 g/mol. The Balaban J connectivity index is 1.99. The van der Waals surface area contributed by atoms with Gasteiger partial charge >= 0.3 is 6.09 Å². The SMILES string of the molecule is C=CCc1c[nH]c2c1=C(N1C[C@@H](C)N(C(=O)OC(C)(C)C)C[C@@H]1C)C(C)=CCN=2. The molecule has 0 radical (unpaired) electrons. The lowest BCUT2D eigenvalue weighted by atomic mass is 10.0. The first kappa shape index (κ1) is 21.2. The summed E-state index contributed by atoms with van der Waals surface area (Å²) in [5, 5.41) is 1.17. The van der Waals surface area contributed by atoms with Crippen molar-refractivity contribution in [3.05, 3.63) is 46.8 Å². The van der Waals surface area contributed by atoms with Crippen molar-refractivity contribution in [3.8, 4) is 0 Å². The Morgan fingerprint density at radius 3 is 2.72 bits per heavy atom. The van der Waals surface area contributed by atoms with Gasteiger partial charge in [-0.1, -0.05) is 12.2 Å². The molecular formula is C23H34N4O2. The van der Waals surface area contributed by atoms with Crippen LogP contribution in [0.2, 0.25) is 0 Å². The Kier molecular flexibility index (Phi) is 5.92. The van der Waals surface area contributed by atoms with Gasteiger partial charge in [0.15, 0.2) is 0 Å². The minimum Gasteiger partial charge on any atom is -0.444 e. The molecule has 2 aliphatic rings. The van der Waals surface area contributed by atoms with E-state index in [2.05, 4.69) is 43.3 Å². The number of nitrogens with zero attached hydrogens (tertiary/aromatic N) is 3. The number of aromatic amines is 1. The van der Waals surface area contributed by atoms with Crippen LogP contribution in [0.15, 0.2) is 35.5 Å². The molecule has 3 rings (SSSR count). The van der Waals surface area contributed by atoms with Gasteiger partial charge in [-0.2, -0.15) is 0 Å². The average molecular weight is 399 g/mol. The lowest BCUT2D eigenvalue weighted by Gasteiger charge is -2.46. The number of fused-ring (bicyclic) bond motifs is 1. The molecule has 0 bridgehead atoms. The Labute approximate surface area is 173 Å². The quantitative estimate of drug-likeness (QED) is 0.797. The number of piperazine rings is 1. The van der Waals surface area contributed by atoms with Crippen molar-refractivity contribution < 1.29 is 9.53 Å². The minimum absolute atomic E-state index is 0.0480. The third kappa shape index (κ3) is 4.41. The molecule has 29 heavy (non-hydrogen) atoms. The van der Waals surface area contributed by atoms with Crippen LogP contribution in [0.25, 0.3) is 5.70 Å². The molecule has 1 N–H and O–H groups in total. The van der Waals surface area contributed by atoms with Crippen LogP contribution in [0.4, 0.5) is 4.79 Å². The zero-order chi connectivity index (χ0) is 21.3. The van der Waals surface area contributed by atoms with E-state index in [1.54, 1.807) is 0 Å². The summed E-state index contributed by atoms with van der Waals surface area (Å²) in [6.45, 7) is 18.1. The van der Waals surface area contributed by atoms with E-state index in [4.69, 9.17) is 9.73 Å². The predicted octanol–water partition coefficient (Wildman–Crippen LogP) is 2.76. The van der Waals surface area contributed by atoms with Crippen molar-refractivity contribution in [3.63, 3.8) is 0 Å². The summed E-state index contributed by atoms with van der Waals surface area (Å²) < 4.78 is 5.63. The molecule has 1 aromatic heterocycles. The molecule has 2 atom stereocenters. The topological polar surface area (TPSA) is 60.9 Å². The lowest BCUT2D eigenvalue weighted by Crippen LogP contribution is -2.59. The van der Waals surface area contributed by atoms with Crippen molar-refractivity contribution in [2.24, 2.45) is 4.99 Å². The first-order valence-electron chi connectivity index (χ1n) is 10.4. The molecule has 0 aromatic carbocycles. The Hall–Kier alpha value is -2.50. The first-order chi connectivity index (χ1) is 13.6. The van der Waals surface area contributed by atoms with E-state index in [9.17, 15) is 4.79 Å². The van der Waals surface area contributed by atoms with Crippen LogP contribution in [0.1, 0.15) is 47.1 Å².